The number of rotatable bonds is 15. The average Bonchev–Trinajstić information content (AvgIpc) is 3.20. The standard InChI is InChI=1S/C32H46N4O6/c1-21(37)35-25-14-12-22-19-28(40-4)31(41-5)32(42-6)30(22)23-13-15-26(27(38)20-24(23)25)33-16-9-7-8-11-29(39)34-17-10-18-36(2)3/h13,15,19-20,25H,7-12,14,16-18H2,1-6H3,(H,33,38)(H,34,39)(H,35,37). The van der Waals surface area contributed by atoms with Crippen LogP contribution in [0.3, 0.4) is 0 Å². The predicted molar refractivity (Wildman–Crippen MR) is 166 cm³/mol. The molecular formula is C32H46N4O6. The molecular weight excluding hydrogens is 536 g/mol. The van der Waals surface area contributed by atoms with Crippen LogP contribution < -0.4 is 35.6 Å². The minimum atomic E-state index is -0.353. The highest BCUT2D eigenvalue weighted by atomic mass is 16.5. The normalized spacial score (nSPS) is 13.8. The van der Waals surface area contributed by atoms with Crippen LogP contribution in [0.5, 0.6) is 17.2 Å². The van der Waals surface area contributed by atoms with Crippen LogP contribution in [0.2, 0.25) is 0 Å². The van der Waals surface area contributed by atoms with Crippen LogP contribution in [0.15, 0.2) is 29.1 Å². The van der Waals surface area contributed by atoms with Gasteiger partial charge in [0, 0.05) is 32.0 Å². The van der Waals surface area contributed by atoms with Gasteiger partial charge in [-0.15, -0.1) is 0 Å². The Hall–Kier alpha value is -3.79. The number of hydrogen-bond acceptors (Lipinski definition) is 8. The third kappa shape index (κ3) is 8.61. The Balaban J connectivity index is 1.78. The number of anilines is 1. The van der Waals surface area contributed by atoms with Gasteiger partial charge in [0.2, 0.25) is 23.0 Å². The number of nitrogens with one attached hydrogen (secondary N) is 3. The van der Waals surface area contributed by atoms with Gasteiger partial charge in [-0.05, 0) is 87.6 Å². The molecule has 2 amide bonds. The lowest BCUT2D eigenvalue weighted by Gasteiger charge is -2.19. The van der Waals surface area contributed by atoms with Gasteiger partial charge in [0.15, 0.2) is 11.5 Å². The molecule has 1 aliphatic rings. The molecule has 0 saturated heterocycles. The second-order valence-electron chi connectivity index (χ2n) is 10.8. The number of aryl methyl sites for hydroxylation is 1. The van der Waals surface area contributed by atoms with Gasteiger partial charge in [-0.2, -0.15) is 0 Å². The van der Waals surface area contributed by atoms with E-state index in [1.165, 1.54) is 6.92 Å². The highest BCUT2D eigenvalue weighted by Gasteiger charge is 2.29. The number of nitrogens with zero attached hydrogens (tertiary/aromatic N) is 1. The Bertz CT molecular complexity index is 1300. The molecule has 3 N–H and O–H groups in total. The van der Waals surface area contributed by atoms with Crippen molar-refractivity contribution < 1.29 is 23.8 Å². The average molecular weight is 583 g/mol. The molecule has 3 rings (SSSR count). The van der Waals surface area contributed by atoms with E-state index in [0.717, 1.165) is 54.5 Å². The summed E-state index contributed by atoms with van der Waals surface area (Å²) in [6, 6.07) is 6.90. The molecule has 10 heteroatoms. The molecule has 2 aromatic rings. The highest BCUT2D eigenvalue weighted by Crippen LogP contribution is 2.50. The van der Waals surface area contributed by atoms with Crippen molar-refractivity contribution in [2.75, 3.05) is 60.4 Å². The van der Waals surface area contributed by atoms with E-state index in [-0.39, 0.29) is 23.3 Å². The van der Waals surface area contributed by atoms with Gasteiger partial charge in [0.05, 0.1) is 33.1 Å². The van der Waals surface area contributed by atoms with Gasteiger partial charge in [-0.3, -0.25) is 14.4 Å². The smallest absolute Gasteiger partial charge is 0.219 e. The van der Waals surface area contributed by atoms with E-state index < -0.39 is 0 Å². The van der Waals surface area contributed by atoms with E-state index >= 15 is 0 Å². The van der Waals surface area contributed by atoms with Crippen LogP contribution in [0.1, 0.15) is 62.6 Å². The molecule has 0 saturated carbocycles. The van der Waals surface area contributed by atoms with E-state index in [4.69, 9.17) is 14.2 Å². The maximum atomic E-state index is 13.4. The van der Waals surface area contributed by atoms with Crippen molar-refractivity contribution in [1.29, 1.82) is 0 Å². The quantitative estimate of drug-likeness (QED) is 0.271. The Morgan fingerprint density at radius 1 is 0.952 bits per heavy atom. The maximum Gasteiger partial charge on any atom is 0.219 e. The van der Waals surface area contributed by atoms with E-state index in [2.05, 4.69) is 20.9 Å². The number of methoxy groups -OCH3 is 3. The molecule has 0 bridgehead atoms. The lowest BCUT2D eigenvalue weighted by atomic mass is 9.95. The second-order valence-corrected chi connectivity index (χ2v) is 10.8. The fourth-order valence-electron chi connectivity index (χ4n) is 5.38. The zero-order valence-electron chi connectivity index (χ0n) is 25.9. The summed E-state index contributed by atoms with van der Waals surface area (Å²) >= 11 is 0. The Kier molecular flexibility index (Phi) is 12.5. The molecule has 10 nitrogen and oxygen atoms in total. The molecule has 1 unspecified atom stereocenters. The largest absolute Gasteiger partial charge is 0.493 e. The van der Waals surface area contributed by atoms with Gasteiger partial charge >= 0.3 is 0 Å². The lowest BCUT2D eigenvalue weighted by molar-refractivity contribution is -0.121. The molecule has 230 valence electrons. The molecule has 0 spiro atoms. The zero-order valence-corrected chi connectivity index (χ0v) is 25.9. The van der Waals surface area contributed by atoms with Crippen LogP contribution in [0.4, 0.5) is 5.69 Å². The second kappa shape index (κ2) is 16.0. The number of hydrogen-bond donors (Lipinski definition) is 3. The number of carbonyl (C=O) groups is 2. The van der Waals surface area contributed by atoms with Crippen molar-refractivity contribution in [3.05, 3.63) is 45.6 Å². The number of benzene rings is 1. The van der Waals surface area contributed by atoms with Gasteiger partial charge in [0.1, 0.15) is 0 Å². The molecule has 0 heterocycles. The number of fused-ring (bicyclic) bond motifs is 3. The number of ether oxygens (including phenoxy) is 3. The summed E-state index contributed by atoms with van der Waals surface area (Å²) in [5.74, 6) is 1.46. The first-order valence-corrected chi connectivity index (χ1v) is 14.6. The third-order valence-corrected chi connectivity index (χ3v) is 7.42. The Morgan fingerprint density at radius 2 is 1.71 bits per heavy atom. The van der Waals surface area contributed by atoms with E-state index in [0.29, 0.717) is 55.3 Å². The van der Waals surface area contributed by atoms with Crippen molar-refractivity contribution in [3.8, 4) is 28.4 Å². The molecule has 0 aromatic heterocycles. The van der Waals surface area contributed by atoms with Crippen LogP contribution in [-0.4, -0.2) is 71.8 Å². The highest BCUT2D eigenvalue weighted by molar-refractivity contribution is 5.83. The first kappa shape index (κ1) is 32.7. The van der Waals surface area contributed by atoms with Crippen molar-refractivity contribution >= 4 is 17.5 Å². The van der Waals surface area contributed by atoms with E-state index in [1.807, 2.05) is 26.2 Å². The minimum absolute atomic E-state index is 0.0822. The minimum Gasteiger partial charge on any atom is -0.493 e. The van der Waals surface area contributed by atoms with Crippen molar-refractivity contribution in [2.45, 2.75) is 57.9 Å². The number of carbonyl (C=O) groups excluding carboxylic acids is 2. The zero-order chi connectivity index (χ0) is 30.6. The predicted octanol–water partition coefficient (Wildman–Crippen LogP) is 3.90. The first-order chi connectivity index (χ1) is 20.2. The SMILES string of the molecule is COc1cc2c(c(OC)c1OC)-c1ccc(NCCCCCC(=O)NCCCN(C)C)c(=O)cc1C(NC(C)=O)CC2. The molecule has 1 atom stereocenters. The summed E-state index contributed by atoms with van der Waals surface area (Å²) in [6.45, 7) is 3.73. The third-order valence-electron chi connectivity index (χ3n) is 7.42. The van der Waals surface area contributed by atoms with Crippen LogP contribution in [0, 0.1) is 0 Å². The van der Waals surface area contributed by atoms with Gasteiger partial charge < -0.3 is 35.1 Å². The molecule has 1 aliphatic carbocycles. The summed E-state index contributed by atoms with van der Waals surface area (Å²) in [5.41, 5.74) is 3.63. The fraction of sp³-hybridized carbons (Fsp3) is 0.531. The Labute approximate surface area is 249 Å². The van der Waals surface area contributed by atoms with Crippen LogP contribution in [0.25, 0.3) is 11.1 Å². The number of amides is 2. The summed E-state index contributed by atoms with van der Waals surface area (Å²) in [7, 11) is 8.76. The fourth-order valence-corrected chi connectivity index (χ4v) is 5.38. The topological polar surface area (TPSA) is 118 Å². The summed E-state index contributed by atoms with van der Waals surface area (Å²) in [6.07, 6.45) is 5.18. The molecule has 2 aromatic carbocycles. The van der Waals surface area contributed by atoms with Crippen LogP contribution >= 0.6 is 0 Å². The van der Waals surface area contributed by atoms with Crippen molar-refractivity contribution in [3.63, 3.8) is 0 Å². The monoisotopic (exact) mass is 582 g/mol. The number of unbranched alkanes of at least 4 members (excludes halogenated alkanes) is 2. The Morgan fingerprint density at radius 3 is 2.38 bits per heavy atom. The van der Waals surface area contributed by atoms with Crippen molar-refractivity contribution in [1.82, 2.24) is 15.5 Å². The van der Waals surface area contributed by atoms with E-state index in [9.17, 15) is 14.4 Å². The van der Waals surface area contributed by atoms with E-state index in [1.54, 1.807) is 33.5 Å². The molecule has 42 heavy (non-hydrogen) atoms. The van der Waals surface area contributed by atoms with Gasteiger partial charge in [0.25, 0.3) is 0 Å². The maximum absolute atomic E-state index is 13.4. The summed E-state index contributed by atoms with van der Waals surface area (Å²) in [5, 5.41) is 9.28. The molecule has 0 aliphatic heterocycles. The summed E-state index contributed by atoms with van der Waals surface area (Å²) in [4.78, 5) is 39.7. The lowest BCUT2D eigenvalue weighted by Crippen LogP contribution is -2.26. The first-order valence-electron chi connectivity index (χ1n) is 14.6. The van der Waals surface area contributed by atoms with Crippen LogP contribution in [-0.2, 0) is 16.0 Å². The molecule has 0 fully saturated rings. The van der Waals surface area contributed by atoms with Crippen molar-refractivity contribution in [2.24, 2.45) is 0 Å². The molecule has 0 radical (unpaired) electrons. The summed E-state index contributed by atoms with van der Waals surface area (Å²) < 4.78 is 17.1. The van der Waals surface area contributed by atoms with Gasteiger partial charge in [-0.25, -0.2) is 0 Å². The van der Waals surface area contributed by atoms with Gasteiger partial charge in [-0.1, -0.05) is 12.5 Å².